The number of aromatic hydroxyl groups is 1. The molecule has 0 saturated heterocycles. The van der Waals surface area contributed by atoms with Gasteiger partial charge in [-0.3, -0.25) is 0 Å². The third kappa shape index (κ3) is 2.76. The lowest BCUT2D eigenvalue weighted by atomic mass is 9.97. The van der Waals surface area contributed by atoms with E-state index in [1.807, 2.05) is 43.3 Å². The maximum absolute atomic E-state index is 9.37. The molecule has 2 aromatic rings. The molecule has 2 aliphatic rings. The summed E-state index contributed by atoms with van der Waals surface area (Å²) in [6.07, 6.45) is 4.60. The molecule has 2 heterocycles. The molecular formula is C19H16N2O3. The minimum atomic E-state index is 0.247. The van der Waals surface area contributed by atoms with Crippen molar-refractivity contribution in [2.75, 3.05) is 6.79 Å². The lowest BCUT2D eigenvalue weighted by Crippen LogP contribution is -2.03. The smallest absolute Gasteiger partial charge is 0.231 e. The quantitative estimate of drug-likeness (QED) is 0.920. The summed E-state index contributed by atoms with van der Waals surface area (Å²) in [6.45, 7) is 2.21. The van der Waals surface area contributed by atoms with E-state index in [1.54, 1.807) is 12.1 Å². The third-order valence-electron chi connectivity index (χ3n) is 3.98. The van der Waals surface area contributed by atoms with E-state index in [9.17, 15) is 5.11 Å². The molecule has 0 spiro atoms. The van der Waals surface area contributed by atoms with E-state index in [0.29, 0.717) is 0 Å². The molecule has 0 bridgehead atoms. The Bertz CT molecular complexity index is 880. The van der Waals surface area contributed by atoms with Crippen molar-refractivity contribution in [3.05, 3.63) is 59.2 Å². The van der Waals surface area contributed by atoms with Crippen LogP contribution in [0.2, 0.25) is 0 Å². The fourth-order valence-electron chi connectivity index (χ4n) is 2.76. The minimum Gasteiger partial charge on any atom is -0.508 e. The molecule has 0 saturated carbocycles. The zero-order valence-electron chi connectivity index (χ0n) is 13.2. The normalized spacial score (nSPS) is 15.7. The first-order chi connectivity index (χ1) is 11.7. The number of hydrogen-bond acceptors (Lipinski definition) is 5. The van der Waals surface area contributed by atoms with Gasteiger partial charge in [0.2, 0.25) is 6.79 Å². The van der Waals surface area contributed by atoms with E-state index in [-0.39, 0.29) is 12.5 Å². The molecule has 0 aliphatic carbocycles. The molecular weight excluding hydrogens is 304 g/mol. The van der Waals surface area contributed by atoms with Crippen molar-refractivity contribution in [2.24, 2.45) is 10.2 Å². The Morgan fingerprint density at radius 1 is 1.00 bits per heavy atom. The van der Waals surface area contributed by atoms with Crippen LogP contribution in [0.5, 0.6) is 17.2 Å². The lowest BCUT2D eigenvalue weighted by molar-refractivity contribution is 0.174. The molecule has 4 rings (SSSR count). The van der Waals surface area contributed by atoms with Crippen molar-refractivity contribution in [1.29, 1.82) is 0 Å². The van der Waals surface area contributed by atoms with Gasteiger partial charge in [-0.05, 0) is 48.4 Å². The Morgan fingerprint density at radius 2 is 1.75 bits per heavy atom. The van der Waals surface area contributed by atoms with Gasteiger partial charge in [-0.1, -0.05) is 18.2 Å². The van der Waals surface area contributed by atoms with Crippen LogP contribution >= 0.6 is 0 Å². The number of phenols is 1. The van der Waals surface area contributed by atoms with Crippen molar-refractivity contribution in [2.45, 2.75) is 13.3 Å². The molecule has 0 aromatic heterocycles. The number of nitrogens with zero attached hydrogens (tertiary/aromatic N) is 2. The van der Waals surface area contributed by atoms with Gasteiger partial charge in [0, 0.05) is 17.7 Å². The third-order valence-corrected chi connectivity index (χ3v) is 3.98. The van der Waals surface area contributed by atoms with Crippen LogP contribution in [-0.2, 0) is 6.42 Å². The fourth-order valence-corrected chi connectivity index (χ4v) is 2.76. The molecule has 24 heavy (non-hydrogen) atoms. The monoisotopic (exact) mass is 320 g/mol. The minimum absolute atomic E-state index is 0.247. The Labute approximate surface area is 139 Å². The second-order valence-electron chi connectivity index (χ2n) is 5.78. The van der Waals surface area contributed by atoms with E-state index < -0.39 is 0 Å². The summed E-state index contributed by atoms with van der Waals surface area (Å²) in [5.74, 6) is 1.75. The largest absolute Gasteiger partial charge is 0.508 e. The van der Waals surface area contributed by atoms with Gasteiger partial charge in [0.05, 0.1) is 5.71 Å². The maximum Gasteiger partial charge on any atom is 0.231 e. The molecule has 120 valence electrons. The Balaban J connectivity index is 1.74. The van der Waals surface area contributed by atoms with Gasteiger partial charge >= 0.3 is 0 Å². The van der Waals surface area contributed by atoms with Crippen LogP contribution in [-0.4, -0.2) is 23.3 Å². The summed E-state index contributed by atoms with van der Waals surface area (Å²) in [5.41, 5.74) is 4.81. The Morgan fingerprint density at radius 3 is 2.54 bits per heavy atom. The molecule has 2 aliphatic heterocycles. The van der Waals surface area contributed by atoms with Gasteiger partial charge in [0.25, 0.3) is 0 Å². The standard InChI is InChI=1S/C19H16N2O3/c1-12-8-14-9-18-19(24-11-23-18)10-16(14)17(21-20-12)7-4-13-2-5-15(22)6-3-13/h2-7,9-10,22H,8,11H2,1H3. The highest BCUT2D eigenvalue weighted by atomic mass is 16.7. The summed E-state index contributed by atoms with van der Waals surface area (Å²) >= 11 is 0. The zero-order chi connectivity index (χ0) is 16.5. The van der Waals surface area contributed by atoms with Crippen LogP contribution in [0.1, 0.15) is 23.6 Å². The number of allylic oxidation sites excluding steroid dienone is 1. The highest BCUT2D eigenvalue weighted by Gasteiger charge is 2.20. The van der Waals surface area contributed by atoms with E-state index >= 15 is 0 Å². The predicted octanol–water partition coefficient (Wildman–Crippen LogP) is 3.56. The average molecular weight is 320 g/mol. The van der Waals surface area contributed by atoms with Crippen LogP contribution in [0.25, 0.3) is 6.08 Å². The summed E-state index contributed by atoms with van der Waals surface area (Å²) in [7, 11) is 0. The molecule has 0 radical (unpaired) electrons. The summed E-state index contributed by atoms with van der Waals surface area (Å²) in [4.78, 5) is 0. The highest BCUT2D eigenvalue weighted by Crippen LogP contribution is 2.36. The molecule has 5 heteroatoms. The van der Waals surface area contributed by atoms with Crippen LogP contribution < -0.4 is 9.47 Å². The predicted molar refractivity (Wildman–Crippen MR) is 93.1 cm³/mol. The average Bonchev–Trinajstić information content (AvgIpc) is 2.97. The van der Waals surface area contributed by atoms with Crippen LogP contribution in [0.3, 0.4) is 0 Å². The highest BCUT2D eigenvalue weighted by molar-refractivity contribution is 6.13. The van der Waals surface area contributed by atoms with E-state index in [0.717, 1.165) is 46.0 Å². The van der Waals surface area contributed by atoms with Gasteiger partial charge < -0.3 is 14.6 Å². The second kappa shape index (κ2) is 5.85. The van der Waals surface area contributed by atoms with E-state index in [1.165, 1.54) is 0 Å². The van der Waals surface area contributed by atoms with E-state index in [2.05, 4.69) is 10.2 Å². The number of benzene rings is 2. The van der Waals surface area contributed by atoms with Gasteiger partial charge in [0.1, 0.15) is 5.75 Å². The van der Waals surface area contributed by atoms with Crippen LogP contribution in [0.15, 0.2) is 52.7 Å². The fraction of sp³-hybridized carbons (Fsp3) is 0.158. The molecule has 2 aromatic carbocycles. The topological polar surface area (TPSA) is 63.4 Å². The lowest BCUT2D eigenvalue weighted by Gasteiger charge is -2.08. The molecule has 5 nitrogen and oxygen atoms in total. The first-order valence-electron chi connectivity index (χ1n) is 7.70. The summed E-state index contributed by atoms with van der Waals surface area (Å²) in [6, 6.07) is 11.0. The van der Waals surface area contributed by atoms with Crippen molar-refractivity contribution < 1.29 is 14.6 Å². The first-order valence-corrected chi connectivity index (χ1v) is 7.70. The van der Waals surface area contributed by atoms with Gasteiger partial charge in [-0.25, -0.2) is 0 Å². The Hall–Kier alpha value is -3.08. The second-order valence-corrected chi connectivity index (χ2v) is 5.78. The van der Waals surface area contributed by atoms with E-state index in [4.69, 9.17) is 9.47 Å². The van der Waals surface area contributed by atoms with Crippen molar-refractivity contribution in [1.82, 2.24) is 0 Å². The molecule has 0 atom stereocenters. The van der Waals surface area contributed by atoms with Gasteiger partial charge in [-0.2, -0.15) is 10.2 Å². The van der Waals surface area contributed by atoms with Crippen molar-refractivity contribution >= 4 is 17.5 Å². The molecule has 0 amide bonds. The first kappa shape index (κ1) is 14.5. The zero-order valence-corrected chi connectivity index (χ0v) is 13.2. The van der Waals surface area contributed by atoms with Crippen LogP contribution in [0, 0.1) is 0 Å². The summed E-state index contributed by atoms with van der Waals surface area (Å²) < 4.78 is 11.0. The number of rotatable bonds is 2. The van der Waals surface area contributed by atoms with Crippen molar-refractivity contribution in [3.63, 3.8) is 0 Å². The number of ether oxygens (including phenoxy) is 2. The summed E-state index contributed by atoms with van der Waals surface area (Å²) in [5, 5.41) is 18.0. The molecule has 0 fully saturated rings. The maximum atomic E-state index is 9.37. The number of fused-ring (bicyclic) bond motifs is 2. The Kier molecular flexibility index (Phi) is 3.54. The number of phenolic OH excluding ortho intramolecular Hbond substituents is 1. The van der Waals surface area contributed by atoms with Gasteiger partial charge in [0.15, 0.2) is 11.5 Å². The van der Waals surface area contributed by atoms with Crippen LogP contribution in [0.4, 0.5) is 0 Å². The molecule has 1 N–H and O–H groups in total. The SMILES string of the molecule is CC1=NN=C(C=Cc2ccc(O)cc2)c2cc3c(cc2C1)OCO3. The number of hydrogen-bond donors (Lipinski definition) is 1. The molecule has 0 unspecified atom stereocenters. The van der Waals surface area contributed by atoms with Crippen molar-refractivity contribution in [3.8, 4) is 17.2 Å². The van der Waals surface area contributed by atoms with Gasteiger partial charge in [-0.15, -0.1) is 0 Å².